The number of para-hydroxylation sites is 2. The van der Waals surface area contributed by atoms with Crippen LogP contribution in [0.3, 0.4) is 0 Å². The first-order chi connectivity index (χ1) is 12.2. The first kappa shape index (κ1) is 16.3. The minimum absolute atomic E-state index is 0.240. The summed E-state index contributed by atoms with van der Waals surface area (Å²) in [7, 11) is 1.24. The lowest BCUT2D eigenvalue weighted by Gasteiger charge is -2.14. The van der Waals surface area contributed by atoms with E-state index in [1.54, 1.807) is 12.3 Å². The zero-order valence-corrected chi connectivity index (χ0v) is 13.5. The summed E-state index contributed by atoms with van der Waals surface area (Å²) in [6, 6.07) is 14.8. The van der Waals surface area contributed by atoms with E-state index in [9.17, 15) is 10.1 Å². The van der Waals surface area contributed by atoms with Crippen molar-refractivity contribution in [2.75, 3.05) is 12.4 Å². The minimum Gasteiger partial charge on any atom is -0.468 e. The molecule has 0 amide bonds. The molecule has 0 aliphatic heterocycles. The van der Waals surface area contributed by atoms with Crippen LogP contribution in [0, 0.1) is 11.3 Å². The number of nitrogens with one attached hydrogen (secondary N) is 1. The van der Waals surface area contributed by atoms with Gasteiger partial charge in [0.1, 0.15) is 5.69 Å². The first-order valence-corrected chi connectivity index (χ1v) is 7.61. The average Bonchev–Trinajstić information content (AvgIpc) is 2.67. The predicted molar refractivity (Wildman–Crippen MR) is 91.5 cm³/mol. The number of anilines is 1. The molecule has 124 valence electrons. The van der Waals surface area contributed by atoms with Gasteiger partial charge in [0.05, 0.1) is 36.5 Å². The van der Waals surface area contributed by atoms with E-state index in [0.717, 1.165) is 5.69 Å². The molecular formula is C18H15N5O2. The van der Waals surface area contributed by atoms with Crippen molar-refractivity contribution in [3.63, 3.8) is 0 Å². The number of fused-ring (bicyclic) bond motifs is 1. The summed E-state index contributed by atoms with van der Waals surface area (Å²) in [6.45, 7) is 0.389. The fourth-order valence-corrected chi connectivity index (χ4v) is 2.37. The van der Waals surface area contributed by atoms with Gasteiger partial charge in [0.25, 0.3) is 0 Å². The number of esters is 1. The highest BCUT2D eigenvalue weighted by atomic mass is 16.5. The molecule has 2 heterocycles. The maximum Gasteiger partial charge on any atom is 0.329 e. The van der Waals surface area contributed by atoms with Gasteiger partial charge in [-0.2, -0.15) is 5.26 Å². The number of benzene rings is 1. The summed E-state index contributed by atoms with van der Waals surface area (Å²) in [6.07, 6.45) is 1.69. The second kappa shape index (κ2) is 7.36. The van der Waals surface area contributed by atoms with Gasteiger partial charge in [0.15, 0.2) is 11.7 Å². The molecule has 1 N–H and O–H groups in total. The third kappa shape index (κ3) is 3.53. The van der Waals surface area contributed by atoms with E-state index in [-0.39, 0.29) is 5.69 Å². The van der Waals surface area contributed by atoms with Crippen LogP contribution in [0.1, 0.15) is 17.3 Å². The van der Waals surface area contributed by atoms with Crippen LogP contribution < -0.4 is 5.32 Å². The number of carbonyl (C=O) groups is 1. The smallest absolute Gasteiger partial charge is 0.329 e. The molecule has 0 unspecified atom stereocenters. The van der Waals surface area contributed by atoms with Gasteiger partial charge in [0, 0.05) is 6.20 Å². The molecule has 0 fully saturated rings. The van der Waals surface area contributed by atoms with Crippen LogP contribution in [0.5, 0.6) is 0 Å². The molecule has 0 aliphatic carbocycles. The Balaban J connectivity index is 2.03. The summed E-state index contributed by atoms with van der Waals surface area (Å²) < 4.78 is 4.72. The van der Waals surface area contributed by atoms with Crippen molar-refractivity contribution in [1.82, 2.24) is 15.0 Å². The lowest BCUT2D eigenvalue weighted by molar-refractivity contribution is -0.141. The van der Waals surface area contributed by atoms with E-state index >= 15 is 0 Å². The monoisotopic (exact) mass is 333 g/mol. The zero-order chi connectivity index (χ0) is 17.6. The normalized spacial score (nSPS) is 11.5. The molecule has 1 aromatic carbocycles. The van der Waals surface area contributed by atoms with Gasteiger partial charge in [-0.15, -0.1) is 0 Å². The van der Waals surface area contributed by atoms with Gasteiger partial charge in [-0.1, -0.05) is 18.2 Å². The fraction of sp³-hybridized carbons (Fsp3) is 0.167. The van der Waals surface area contributed by atoms with Crippen LogP contribution >= 0.6 is 0 Å². The Labute approximate surface area is 144 Å². The Morgan fingerprint density at radius 2 is 1.92 bits per heavy atom. The second-order valence-electron chi connectivity index (χ2n) is 5.21. The number of nitriles is 1. The Bertz CT molecular complexity index is 937. The number of nitrogens with zero attached hydrogens (tertiary/aromatic N) is 4. The average molecular weight is 333 g/mol. The van der Waals surface area contributed by atoms with E-state index < -0.39 is 11.9 Å². The number of rotatable bonds is 5. The Hall–Kier alpha value is -3.53. The Morgan fingerprint density at radius 1 is 1.20 bits per heavy atom. The Kier molecular flexibility index (Phi) is 4.81. The summed E-state index contributed by atoms with van der Waals surface area (Å²) >= 11 is 0. The van der Waals surface area contributed by atoms with Gasteiger partial charge in [-0.3, -0.25) is 9.78 Å². The molecule has 0 radical (unpaired) electrons. The lowest BCUT2D eigenvalue weighted by Crippen LogP contribution is -2.17. The summed E-state index contributed by atoms with van der Waals surface area (Å²) in [5.41, 5.74) is 2.31. The molecule has 0 saturated carbocycles. The largest absolute Gasteiger partial charge is 0.468 e. The fourth-order valence-electron chi connectivity index (χ4n) is 2.37. The van der Waals surface area contributed by atoms with E-state index in [2.05, 4.69) is 20.3 Å². The summed E-state index contributed by atoms with van der Waals surface area (Å²) in [4.78, 5) is 25.2. The molecule has 3 aromatic rings. The summed E-state index contributed by atoms with van der Waals surface area (Å²) in [5, 5.41) is 12.5. The predicted octanol–water partition coefficient (Wildman–Crippen LogP) is 2.42. The van der Waals surface area contributed by atoms with Crippen molar-refractivity contribution in [2.24, 2.45) is 0 Å². The second-order valence-corrected chi connectivity index (χ2v) is 5.21. The number of methoxy groups -OCH3 is 1. The molecule has 25 heavy (non-hydrogen) atoms. The quantitative estimate of drug-likeness (QED) is 0.715. The molecule has 3 rings (SSSR count). The van der Waals surface area contributed by atoms with E-state index in [1.165, 1.54) is 7.11 Å². The van der Waals surface area contributed by atoms with E-state index in [1.807, 2.05) is 42.5 Å². The van der Waals surface area contributed by atoms with Crippen molar-refractivity contribution in [2.45, 2.75) is 12.5 Å². The molecule has 2 aromatic heterocycles. The number of carbonyl (C=O) groups excluding carboxylic acids is 1. The molecule has 7 nitrogen and oxygen atoms in total. The number of ether oxygens (including phenoxy) is 1. The maximum absolute atomic E-state index is 12.0. The van der Waals surface area contributed by atoms with Crippen molar-refractivity contribution in [1.29, 1.82) is 5.26 Å². The SMILES string of the molecule is COC(=O)[C@H](C#N)c1nc2ccccc2nc1NCc1ccccn1. The molecular weight excluding hydrogens is 318 g/mol. The highest BCUT2D eigenvalue weighted by Gasteiger charge is 2.27. The molecule has 0 saturated heterocycles. The molecule has 0 bridgehead atoms. The standard InChI is InChI=1S/C18H15N5O2/c1-25-18(24)13(10-19)16-17(21-11-12-6-4-5-9-20-12)23-15-8-3-2-7-14(15)22-16/h2-9,13H,11H2,1H3,(H,21,23)/t13-/m1/s1. The molecule has 1 atom stereocenters. The van der Waals surface area contributed by atoms with Crippen molar-refractivity contribution in [3.05, 3.63) is 60.0 Å². The van der Waals surface area contributed by atoms with Crippen molar-refractivity contribution in [3.8, 4) is 6.07 Å². The van der Waals surface area contributed by atoms with Crippen LogP contribution in [-0.2, 0) is 16.1 Å². The first-order valence-electron chi connectivity index (χ1n) is 7.61. The van der Waals surface area contributed by atoms with Crippen LogP contribution in [0.15, 0.2) is 48.7 Å². The minimum atomic E-state index is -1.16. The third-order valence-corrected chi connectivity index (χ3v) is 3.60. The number of aromatic nitrogens is 3. The number of hydrogen-bond donors (Lipinski definition) is 1. The topological polar surface area (TPSA) is 101 Å². The van der Waals surface area contributed by atoms with Crippen LogP contribution in [0.25, 0.3) is 11.0 Å². The highest BCUT2D eigenvalue weighted by Crippen LogP contribution is 2.25. The maximum atomic E-state index is 12.0. The van der Waals surface area contributed by atoms with Gasteiger partial charge >= 0.3 is 5.97 Å². The summed E-state index contributed by atoms with van der Waals surface area (Å²) in [5.74, 6) is -1.47. The van der Waals surface area contributed by atoms with Crippen LogP contribution in [0.2, 0.25) is 0 Å². The van der Waals surface area contributed by atoms with Crippen LogP contribution in [0.4, 0.5) is 5.82 Å². The molecule has 7 heteroatoms. The number of pyridine rings is 1. The Morgan fingerprint density at radius 3 is 2.56 bits per heavy atom. The van der Waals surface area contributed by atoms with Gasteiger partial charge < -0.3 is 10.1 Å². The van der Waals surface area contributed by atoms with Gasteiger partial charge in [0.2, 0.25) is 0 Å². The van der Waals surface area contributed by atoms with Gasteiger partial charge in [-0.25, -0.2) is 9.97 Å². The van der Waals surface area contributed by atoms with E-state index in [4.69, 9.17) is 4.74 Å². The van der Waals surface area contributed by atoms with Crippen molar-refractivity contribution < 1.29 is 9.53 Å². The van der Waals surface area contributed by atoms with Crippen LogP contribution in [-0.4, -0.2) is 28.0 Å². The van der Waals surface area contributed by atoms with Crippen molar-refractivity contribution >= 4 is 22.8 Å². The number of hydrogen-bond acceptors (Lipinski definition) is 7. The lowest BCUT2D eigenvalue weighted by atomic mass is 10.1. The molecule has 0 spiro atoms. The third-order valence-electron chi connectivity index (χ3n) is 3.60. The highest BCUT2D eigenvalue weighted by molar-refractivity contribution is 5.84. The zero-order valence-electron chi connectivity index (χ0n) is 13.5. The van der Waals surface area contributed by atoms with Gasteiger partial charge in [-0.05, 0) is 24.3 Å². The van der Waals surface area contributed by atoms with E-state index in [0.29, 0.717) is 23.4 Å². The molecule has 0 aliphatic rings.